The molecule has 0 aliphatic rings. The van der Waals surface area contributed by atoms with Gasteiger partial charge >= 0.3 is 5.97 Å². The first-order valence-corrected chi connectivity index (χ1v) is 3.74. The minimum atomic E-state index is -0.572. The molecule has 3 heteroatoms. The Morgan fingerprint density at radius 3 is 2.64 bits per heavy atom. The molecule has 0 saturated carbocycles. The van der Waals surface area contributed by atoms with Crippen molar-refractivity contribution >= 4 is 17.6 Å². The van der Waals surface area contributed by atoms with Gasteiger partial charge in [0.1, 0.15) is 0 Å². The number of carbonyl (C=O) groups excluding carboxylic acids is 1. The van der Waals surface area contributed by atoms with Gasteiger partial charge in [0.2, 0.25) is 0 Å². The van der Waals surface area contributed by atoms with Gasteiger partial charge in [-0.25, -0.2) is 4.79 Å². The number of hydrogen-bond donors (Lipinski definition) is 0. The van der Waals surface area contributed by atoms with Crippen molar-refractivity contribution in [3.05, 3.63) is 24.3 Å². The van der Waals surface area contributed by atoms with Crippen LogP contribution in [0, 0.1) is 0 Å². The van der Waals surface area contributed by atoms with E-state index in [9.17, 15) is 4.79 Å². The predicted octanol–water partition coefficient (Wildman–Crippen LogP) is 2.25. The molecule has 0 aliphatic carbocycles. The standard InChI is InChI=1S/C8H11ClO2/c1-3-4-5-6-8(10)11-7(2)9/h3-7H,1-2H3/b4-3+,6-5+. The van der Waals surface area contributed by atoms with Crippen LogP contribution in [0.15, 0.2) is 24.3 Å². The fourth-order valence-electron chi connectivity index (χ4n) is 0.445. The van der Waals surface area contributed by atoms with E-state index in [1.54, 1.807) is 19.1 Å². The van der Waals surface area contributed by atoms with Gasteiger partial charge in [-0.3, -0.25) is 0 Å². The molecule has 0 aromatic carbocycles. The van der Waals surface area contributed by atoms with Gasteiger partial charge in [-0.2, -0.15) is 0 Å². The zero-order valence-corrected chi connectivity index (χ0v) is 7.34. The summed E-state index contributed by atoms with van der Waals surface area (Å²) in [6, 6.07) is 0. The molecule has 0 rings (SSSR count). The maximum absolute atomic E-state index is 10.7. The van der Waals surface area contributed by atoms with Gasteiger partial charge in [0.05, 0.1) is 0 Å². The van der Waals surface area contributed by atoms with Crippen LogP contribution < -0.4 is 0 Å². The fourth-order valence-corrected chi connectivity index (χ4v) is 0.532. The Morgan fingerprint density at radius 2 is 2.18 bits per heavy atom. The molecule has 1 unspecified atom stereocenters. The molecule has 0 aromatic rings. The molecule has 0 fully saturated rings. The summed E-state index contributed by atoms with van der Waals surface area (Å²) in [7, 11) is 0. The molecule has 0 aromatic heterocycles. The van der Waals surface area contributed by atoms with E-state index in [4.69, 9.17) is 11.6 Å². The predicted molar refractivity (Wildman–Crippen MR) is 45.4 cm³/mol. The van der Waals surface area contributed by atoms with Crippen molar-refractivity contribution < 1.29 is 9.53 Å². The summed E-state index contributed by atoms with van der Waals surface area (Å²) in [5.74, 6) is -0.425. The Balaban J connectivity index is 3.69. The van der Waals surface area contributed by atoms with Gasteiger partial charge in [-0.05, 0) is 13.8 Å². The lowest BCUT2D eigenvalue weighted by atomic mass is 10.4. The minimum Gasteiger partial charge on any atom is -0.443 e. The second kappa shape index (κ2) is 5.98. The smallest absolute Gasteiger partial charge is 0.332 e. The van der Waals surface area contributed by atoms with Crippen LogP contribution in [0.1, 0.15) is 13.8 Å². The number of alkyl halides is 1. The van der Waals surface area contributed by atoms with E-state index in [2.05, 4.69) is 4.74 Å². The van der Waals surface area contributed by atoms with Crippen molar-refractivity contribution in [3.63, 3.8) is 0 Å². The number of halogens is 1. The van der Waals surface area contributed by atoms with Crippen LogP contribution in [-0.4, -0.2) is 11.5 Å². The molecule has 0 aliphatic heterocycles. The Morgan fingerprint density at radius 1 is 1.55 bits per heavy atom. The van der Waals surface area contributed by atoms with Crippen LogP contribution in [0.25, 0.3) is 0 Å². The first-order chi connectivity index (χ1) is 5.16. The molecule has 1 atom stereocenters. The monoisotopic (exact) mass is 174 g/mol. The third kappa shape index (κ3) is 7.13. The van der Waals surface area contributed by atoms with Crippen molar-refractivity contribution in [2.45, 2.75) is 19.4 Å². The summed E-state index contributed by atoms with van der Waals surface area (Å²) in [6.07, 6.45) is 6.47. The second-order valence-corrected chi connectivity index (χ2v) is 2.48. The van der Waals surface area contributed by atoms with E-state index >= 15 is 0 Å². The highest BCUT2D eigenvalue weighted by Crippen LogP contribution is 1.96. The highest BCUT2D eigenvalue weighted by molar-refractivity contribution is 6.20. The Kier molecular flexibility index (Phi) is 5.57. The van der Waals surface area contributed by atoms with Crippen LogP contribution >= 0.6 is 11.6 Å². The van der Waals surface area contributed by atoms with Gasteiger partial charge in [0.15, 0.2) is 5.56 Å². The lowest BCUT2D eigenvalue weighted by molar-refractivity contribution is -0.138. The van der Waals surface area contributed by atoms with Crippen molar-refractivity contribution in [2.75, 3.05) is 0 Å². The number of carbonyl (C=O) groups is 1. The highest BCUT2D eigenvalue weighted by Gasteiger charge is 1.99. The van der Waals surface area contributed by atoms with Crippen LogP contribution in [-0.2, 0) is 9.53 Å². The quantitative estimate of drug-likeness (QED) is 0.284. The maximum Gasteiger partial charge on any atom is 0.332 e. The molecule has 0 radical (unpaired) electrons. The molecule has 0 N–H and O–H groups in total. The number of hydrogen-bond acceptors (Lipinski definition) is 2. The Bertz CT molecular complexity index is 171. The lowest BCUT2D eigenvalue weighted by Crippen LogP contribution is -2.05. The van der Waals surface area contributed by atoms with E-state index in [0.717, 1.165) is 0 Å². The third-order valence-corrected chi connectivity index (χ3v) is 0.904. The summed E-state index contributed by atoms with van der Waals surface area (Å²) in [5.41, 5.74) is -0.572. The average Bonchev–Trinajstić information content (AvgIpc) is 1.86. The molecule has 0 amide bonds. The van der Waals surface area contributed by atoms with E-state index < -0.39 is 11.5 Å². The van der Waals surface area contributed by atoms with Crippen molar-refractivity contribution in [3.8, 4) is 0 Å². The third-order valence-electron chi connectivity index (χ3n) is 0.814. The van der Waals surface area contributed by atoms with Crippen molar-refractivity contribution in [1.82, 2.24) is 0 Å². The van der Waals surface area contributed by atoms with Gasteiger partial charge < -0.3 is 4.74 Å². The topological polar surface area (TPSA) is 26.3 Å². The molecule has 0 bridgehead atoms. The van der Waals surface area contributed by atoms with E-state index in [1.165, 1.54) is 6.08 Å². The summed E-state index contributed by atoms with van der Waals surface area (Å²) in [6.45, 7) is 3.45. The van der Waals surface area contributed by atoms with Gasteiger partial charge in [0, 0.05) is 6.08 Å². The van der Waals surface area contributed by atoms with Crippen LogP contribution in [0.4, 0.5) is 0 Å². The summed E-state index contributed by atoms with van der Waals surface area (Å²) < 4.78 is 4.60. The summed E-state index contributed by atoms with van der Waals surface area (Å²) in [4.78, 5) is 10.7. The molecule has 2 nitrogen and oxygen atoms in total. The van der Waals surface area contributed by atoms with Crippen molar-refractivity contribution in [1.29, 1.82) is 0 Å². The highest BCUT2D eigenvalue weighted by atomic mass is 35.5. The molecule has 11 heavy (non-hydrogen) atoms. The Labute approximate surface area is 71.5 Å². The SMILES string of the molecule is C/C=C/C=C/C(=O)OC(C)Cl. The molecule has 62 valence electrons. The number of rotatable bonds is 3. The molecule has 0 saturated heterocycles. The lowest BCUT2D eigenvalue weighted by Gasteiger charge is -2.00. The molecular formula is C8H11ClO2. The van der Waals surface area contributed by atoms with Gasteiger partial charge in [-0.1, -0.05) is 29.8 Å². The second-order valence-electron chi connectivity index (χ2n) is 1.86. The van der Waals surface area contributed by atoms with E-state index in [0.29, 0.717) is 0 Å². The largest absolute Gasteiger partial charge is 0.443 e. The van der Waals surface area contributed by atoms with Crippen LogP contribution in [0.5, 0.6) is 0 Å². The molecule has 0 spiro atoms. The van der Waals surface area contributed by atoms with Gasteiger partial charge in [0.25, 0.3) is 0 Å². The number of ether oxygens (including phenoxy) is 1. The average molecular weight is 175 g/mol. The number of allylic oxidation sites excluding steroid dienone is 3. The van der Waals surface area contributed by atoms with Gasteiger partial charge in [-0.15, -0.1) is 0 Å². The molecule has 0 heterocycles. The zero-order valence-electron chi connectivity index (χ0n) is 6.58. The maximum atomic E-state index is 10.7. The molecular weight excluding hydrogens is 164 g/mol. The first kappa shape index (κ1) is 10.2. The van der Waals surface area contributed by atoms with E-state index in [-0.39, 0.29) is 0 Å². The van der Waals surface area contributed by atoms with Crippen molar-refractivity contribution in [2.24, 2.45) is 0 Å². The van der Waals surface area contributed by atoms with Crippen LogP contribution in [0.2, 0.25) is 0 Å². The zero-order chi connectivity index (χ0) is 8.69. The first-order valence-electron chi connectivity index (χ1n) is 3.31. The Hall–Kier alpha value is -0.760. The van der Waals surface area contributed by atoms with E-state index in [1.807, 2.05) is 13.0 Å². The fraction of sp³-hybridized carbons (Fsp3) is 0.375. The number of esters is 1. The summed E-state index contributed by atoms with van der Waals surface area (Å²) in [5, 5.41) is 0. The summed E-state index contributed by atoms with van der Waals surface area (Å²) >= 11 is 5.39. The van der Waals surface area contributed by atoms with Crippen LogP contribution in [0.3, 0.4) is 0 Å². The minimum absolute atomic E-state index is 0.425. The normalized spacial score (nSPS) is 14.1.